The fraction of sp³-hybridized carbons (Fsp3) is 0.385. The Kier molecular flexibility index (Phi) is 4.40. The van der Waals surface area contributed by atoms with E-state index in [0.717, 1.165) is 6.54 Å². The van der Waals surface area contributed by atoms with Gasteiger partial charge >= 0.3 is 0 Å². The normalized spacial score (nSPS) is 16.9. The van der Waals surface area contributed by atoms with Gasteiger partial charge in [0.05, 0.1) is 10.6 Å². The topological polar surface area (TPSA) is 65.5 Å². The molecular weight excluding hydrogens is 299 g/mol. The van der Waals surface area contributed by atoms with Crippen LogP contribution in [-0.4, -0.2) is 25.0 Å². The molecule has 108 valence electrons. The van der Waals surface area contributed by atoms with Gasteiger partial charge in [0.15, 0.2) is 0 Å². The average molecular weight is 315 g/mol. The lowest BCUT2D eigenvalue weighted by Gasteiger charge is -2.29. The molecule has 3 N–H and O–H groups in total. The van der Waals surface area contributed by atoms with Crippen molar-refractivity contribution >= 4 is 35.1 Å². The van der Waals surface area contributed by atoms with E-state index < -0.39 is 0 Å². The largest absolute Gasteiger partial charge is 0.354 e. The van der Waals surface area contributed by atoms with Crippen LogP contribution in [0.3, 0.4) is 0 Å². The molecule has 0 saturated carbocycles. The zero-order valence-electron chi connectivity index (χ0n) is 11.3. The molecule has 0 atom stereocenters. The van der Waals surface area contributed by atoms with Gasteiger partial charge in [-0.2, -0.15) is 0 Å². The zero-order valence-corrected chi connectivity index (χ0v) is 12.8. The molecule has 1 aliphatic heterocycles. The standard InChI is InChI=1S/C13H16Cl2N4O/c1-13(2)6-16-12(17-7-13)19-18-11(20)9-4-3-8(14)5-10(9)15/h3-5H,6-7H2,1-2H3,(H,18,20)(H2,16,17,19). The number of aliphatic imine (C=N–C) groups is 1. The van der Waals surface area contributed by atoms with Crippen LogP contribution in [0.1, 0.15) is 24.2 Å². The first-order valence-corrected chi connectivity index (χ1v) is 6.93. The van der Waals surface area contributed by atoms with Crippen molar-refractivity contribution in [2.45, 2.75) is 13.8 Å². The van der Waals surface area contributed by atoms with Gasteiger partial charge in [-0.1, -0.05) is 37.0 Å². The number of guanidine groups is 1. The first kappa shape index (κ1) is 14.9. The van der Waals surface area contributed by atoms with Crippen molar-refractivity contribution in [1.82, 2.24) is 16.2 Å². The summed E-state index contributed by atoms with van der Waals surface area (Å²) in [6.45, 7) is 5.72. The van der Waals surface area contributed by atoms with E-state index in [1.807, 2.05) is 0 Å². The van der Waals surface area contributed by atoms with Crippen molar-refractivity contribution in [3.05, 3.63) is 33.8 Å². The molecule has 0 aliphatic carbocycles. The van der Waals surface area contributed by atoms with Gasteiger partial charge in [0, 0.05) is 23.5 Å². The summed E-state index contributed by atoms with van der Waals surface area (Å²) in [7, 11) is 0. The predicted molar refractivity (Wildman–Crippen MR) is 81.1 cm³/mol. The maximum absolute atomic E-state index is 12.0. The highest BCUT2D eigenvalue weighted by Gasteiger charge is 2.22. The lowest BCUT2D eigenvalue weighted by molar-refractivity contribution is 0.0943. The SMILES string of the molecule is CC1(C)CN=C(NNC(=O)c2ccc(Cl)cc2Cl)NC1. The molecule has 1 heterocycles. The van der Waals surface area contributed by atoms with Crippen molar-refractivity contribution in [3.8, 4) is 0 Å². The number of rotatable bonds is 1. The number of benzene rings is 1. The number of nitrogens with one attached hydrogen (secondary N) is 3. The molecule has 0 saturated heterocycles. The summed E-state index contributed by atoms with van der Waals surface area (Å²) in [5, 5.41) is 3.90. The van der Waals surface area contributed by atoms with Gasteiger partial charge in [-0.15, -0.1) is 0 Å². The fourth-order valence-electron chi connectivity index (χ4n) is 1.67. The van der Waals surface area contributed by atoms with Crippen LogP contribution in [0.5, 0.6) is 0 Å². The molecule has 5 nitrogen and oxygen atoms in total. The van der Waals surface area contributed by atoms with E-state index in [4.69, 9.17) is 23.2 Å². The van der Waals surface area contributed by atoms with Gasteiger partial charge in [-0.3, -0.25) is 20.6 Å². The van der Waals surface area contributed by atoms with E-state index in [-0.39, 0.29) is 11.3 Å². The highest BCUT2D eigenvalue weighted by Crippen LogP contribution is 2.20. The zero-order chi connectivity index (χ0) is 14.8. The number of hydrogen-bond donors (Lipinski definition) is 3. The van der Waals surface area contributed by atoms with Crippen molar-refractivity contribution in [1.29, 1.82) is 0 Å². The first-order chi connectivity index (χ1) is 9.37. The van der Waals surface area contributed by atoms with Crippen molar-refractivity contribution < 1.29 is 4.79 Å². The monoisotopic (exact) mass is 314 g/mol. The van der Waals surface area contributed by atoms with Gasteiger partial charge in [0.1, 0.15) is 0 Å². The average Bonchev–Trinajstić information content (AvgIpc) is 2.37. The van der Waals surface area contributed by atoms with Crippen LogP contribution in [0.4, 0.5) is 0 Å². The highest BCUT2D eigenvalue weighted by atomic mass is 35.5. The lowest BCUT2D eigenvalue weighted by atomic mass is 9.93. The summed E-state index contributed by atoms with van der Waals surface area (Å²) in [6.07, 6.45) is 0. The number of carbonyl (C=O) groups excluding carboxylic acids is 1. The van der Waals surface area contributed by atoms with E-state index in [0.29, 0.717) is 28.1 Å². The maximum Gasteiger partial charge on any atom is 0.271 e. The highest BCUT2D eigenvalue weighted by molar-refractivity contribution is 6.36. The fourth-order valence-corrected chi connectivity index (χ4v) is 2.16. The third-order valence-corrected chi connectivity index (χ3v) is 3.42. The lowest BCUT2D eigenvalue weighted by Crippen LogP contribution is -2.53. The van der Waals surface area contributed by atoms with Crippen LogP contribution in [0.25, 0.3) is 0 Å². The molecule has 0 fully saturated rings. The molecule has 0 radical (unpaired) electrons. The Morgan fingerprint density at radius 3 is 2.75 bits per heavy atom. The molecule has 7 heteroatoms. The van der Waals surface area contributed by atoms with Crippen LogP contribution in [-0.2, 0) is 0 Å². The minimum atomic E-state index is -0.346. The van der Waals surface area contributed by atoms with Gasteiger partial charge in [-0.25, -0.2) is 0 Å². The Bertz CT molecular complexity index is 557. The van der Waals surface area contributed by atoms with Crippen LogP contribution < -0.4 is 16.2 Å². The molecule has 0 unspecified atom stereocenters. The number of hydrogen-bond acceptors (Lipinski definition) is 4. The summed E-state index contributed by atoms with van der Waals surface area (Å²) in [5.74, 6) is 0.198. The number of halogens is 2. The van der Waals surface area contributed by atoms with Crippen molar-refractivity contribution in [2.24, 2.45) is 10.4 Å². The summed E-state index contributed by atoms with van der Waals surface area (Å²) >= 11 is 11.8. The number of hydrazine groups is 1. The Morgan fingerprint density at radius 2 is 2.15 bits per heavy atom. The number of amides is 1. The Hall–Kier alpha value is -1.46. The molecule has 1 amide bonds. The molecular formula is C13H16Cl2N4O. The molecule has 0 spiro atoms. The van der Waals surface area contributed by atoms with E-state index in [9.17, 15) is 4.79 Å². The summed E-state index contributed by atoms with van der Waals surface area (Å²) in [4.78, 5) is 16.3. The second-order valence-corrected chi connectivity index (χ2v) is 6.23. The summed E-state index contributed by atoms with van der Waals surface area (Å²) < 4.78 is 0. The minimum Gasteiger partial charge on any atom is -0.354 e. The smallest absolute Gasteiger partial charge is 0.271 e. The Balaban J connectivity index is 1.94. The molecule has 1 aromatic carbocycles. The molecule has 0 bridgehead atoms. The first-order valence-electron chi connectivity index (χ1n) is 6.17. The molecule has 20 heavy (non-hydrogen) atoms. The summed E-state index contributed by atoms with van der Waals surface area (Å²) in [6, 6.07) is 4.71. The van der Waals surface area contributed by atoms with E-state index in [2.05, 4.69) is 35.0 Å². The summed E-state index contributed by atoms with van der Waals surface area (Å²) in [5.41, 5.74) is 5.76. The van der Waals surface area contributed by atoms with Crippen molar-refractivity contribution in [3.63, 3.8) is 0 Å². The number of nitrogens with zero attached hydrogens (tertiary/aromatic N) is 1. The third kappa shape index (κ3) is 3.77. The van der Waals surface area contributed by atoms with Crippen LogP contribution >= 0.6 is 23.2 Å². The molecule has 0 aromatic heterocycles. The quantitative estimate of drug-likeness (QED) is 0.696. The predicted octanol–water partition coefficient (Wildman–Crippen LogP) is 2.21. The molecule has 1 aromatic rings. The minimum absolute atomic E-state index is 0.120. The van der Waals surface area contributed by atoms with Crippen LogP contribution in [0, 0.1) is 5.41 Å². The Morgan fingerprint density at radius 1 is 1.40 bits per heavy atom. The van der Waals surface area contributed by atoms with E-state index >= 15 is 0 Å². The Labute approximate surface area is 127 Å². The van der Waals surface area contributed by atoms with Crippen LogP contribution in [0.15, 0.2) is 23.2 Å². The second kappa shape index (κ2) is 5.89. The van der Waals surface area contributed by atoms with Crippen LogP contribution in [0.2, 0.25) is 10.0 Å². The molecule has 2 rings (SSSR count). The van der Waals surface area contributed by atoms with E-state index in [1.54, 1.807) is 12.1 Å². The van der Waals surface area contributed by atoms with Crippen molar-refractivity contribution in [2.75, 3.05) is 13.1 Å². The van der Waals surface area contributed by atoms with Gasteiger partial charge in [0.25, 0.3) is 5.91 Å². The number of carbonyl (C=O) groups is 1. The van der Waals surface area contributed by atoms with Gasteiger partial charge < -0.3 is 5.32 Å². The van der Waals surface area contributed by atoms with Gasteiger partial charge in [-0.05, 0) is 18.2 Å². The maximum atomic E-state index is 12.0. The van der Waals surface area contributed by atoms with Gasteiger partial charge in [0.2, 0.25) is 5.96 Å². The second-order valence-electron chi connectivity index (χ2n) is 5.39. The third-order valence-electron chi connectivity index (χ3n) is 2.87. The van der Waals surface area contributed by atoms with E-state index in [1.165, 1.54) is 6.07 Å². The molecule has 1 aliphatic rings.